The minimum atomic E-state index is -0.749. The first kappa shape index (κ1) is 18.3. The van der Waals surface area contributed by atoms with Gasteiger partial charge in [-0.05, 0) is 69.0 Å². The van der Waals surface area contributed by atoms with Crippen LogP contribution in [-0.2, 0) is 17.6 Å². The first-order valence-corrected chi connectivity index (χ1v) is 9.49. The fourth-order valence-corrected chi connectivity index (χ4v) is 3.91. The number of hydrogen-bond acceptors (Lipinski definition) is 5. The number of hydrazine groups is 1. The first-order valence-electron chi connectivity index (χ1n) is 8.68. The van der Waals surface area contributed by atoms with Gasteiger partial charge in [-0.3, -0.25) is 20.4 Å². The maximum Gasteiger partial charge on any atom is 0.279 e. The van der Waals surface area contributed by atoms with E-state index in [4.69, 9.17) is 9.47 Å². The molecule has 2 N–H and O–H groups in total. The van der Waals surface area contributed by atoms with Crippen LogP contribution in [0, 0.1) is 0 Å². The number of aryl methyl sites for hydroxylation is 2. The van der Waals surface area contributed by atoms with Gasteiger partial charge in [-0.1, -0.05) is 0 Å². The molecule has 0 spiro atoms. The molecule has 6 nitrogen and oxygen atoms in total. The second-order valence-electron chi connectivity index (χ2n) is 6.02. The molecule has 1 aromatic heterocycles. The lowest BCUT2D eigenvalue weighted by molar-refractivity contribution is -0.128. The highest BCUT2D eigenvalue weighted by molar-refractivity contribution is 7.14. The van der Waals surface area contributed by atoms with Gasteiger partial charge in [0.2, 0.25) is 0 Å². The SMILES string of the molecule is CCOc1ccc(O[C@H](C)C(=O)NNC(=O)c2cc3c(s2)CCC3)cc1. The third-order valence-corrected chi connectivity index (χ3v) is 5.32. The monoisotopic (exact) mass is 374 g/mol. The van der Waals surface area contributed by atoms with Gasteiger partial charge in [-0.25, -0.2) is 0 Å². The van der Waals surface area contributed by atoms with Gasteiger partial charge in [-0.15, -0.1) is 11.3 Å². The van der Waals surface area contributed by atoms with Crippen molar-refractivity contribution in [3.05, 3.63) is 45.6 Å². The minimum Gasteiger partial charge on any atom is -0.494 e. The van der Waals surface area contributed by atoms with Crippen molar-refractivity contribution in [1.29, 1.82) is 0 Å². The fourth-order valence-electron chi connectivity index (χ4n) is 2.76. The summed E-state index contributed by atoms with van der Waals surface area (Å²) < 4.78 is 10.9. The standard InChI is InChI=1S/C19H22N2O4S/c1-3-24-14-7-9-15(10-8-14)25-12(2)18(22)20-21-19(23)17-11-13-5-4-6-16(13)26-17/h7-12H,3-6H2,1-2H3,(H,20,22)(H,21,23)/t12-/m1/s1. The number of benzene rings is 1. The third kappa shape index (κ3) is 4.35. The molecule has 2 amide bonds. The van der Waals surface area contributed by atoms with Gasteiger partial charge in [0, 0.05) is 4.88 Å². The zero-order valence-corrected chi connectivity index (χ0v) is 15.7. The van der Waals surface area contributed by atoms with E-state index in [1.807, 2.05) is 13.0 Å². The number of carbonyl (C=O) groups excluding carboxylic acids is 2. The molecule has 0 aliphatic heterocycles. The van der Waals surface area contributed by atoms with Crippen molar-refractivity contribution in [2.45, 2.75) is 39.2 Å². The Kier molecular flexibility index (Phi) is 5.78. The van der Waals surface area contributed by atoms with Gasteiger partial charge in [-0.2, -0.15) is 0 Å². The Labute approximate surface area is 156 Å². The van der Waals surface area contributed by atoms with Crippen LogP contribution in [0.4, 0.5) is 0 Å². The van der Waals surface area contributed by atoms with Crippen LogP contribution in [0.2, 0.25) is 0 Å². The molecule has 1 aliphatic carbocycles. The van der Waals surface area contributed by atoms with Crippen LogP contribution in [0.1, 0.15) is 40.4 Å². The maximum atomic E-state index is 12.2. The summed E-state index contributed by atoms with van der Waals surface area (Å²) in [6.45, 7) is 4.12. The van der Waals surface area contributed by atoms with E-state index in [2.05, 4.69) is 10.9 Å². The molecule has 3 rings (SSSR count). The number of nitrogens with one attached hydrogen (secondary N) is 2. The van der Waals surface area contributed by atoms with Crippen molar-refractivity contribution in [1.82, 2.24) is 10.9 Å². The summed E-state index contributed by atoms with van der Waals surface area (Å²) in [6.07, 6.45) is 2.46. The Morgan fingerprint density at radius 1 is 1.15 bits per heavy atom. The number of amides is 2. The number of carbonyl (C=O) groups is 2. The van der Waals surface area contributed by atoms with E-state index in [-0.39, 0.29) is 5.91 Å². The van der Waals surface area contributed by atoms with Crippen molar-refractivity contribution in [3.63, 3.8) is 0 Å². The summed E-state index contributed by atoms with van der Waals surface area (Å²) in [5, 5.41) is 0. The number of hydrogen-bond donors (Lipinski definition) is 2. The summed E-state index contributed by atoms with van der Waals surface area (Å²) in [6, 6.07) is 8.94. The largest absolute Gasteiger partial charge is 0.494 e. The van der Waals surface area contributed by atoms with Crippen molar-refractivity contribution in [2.75, 3.05) is 6.61 Å². The minimum absolute atomic E-state index is 0.300. The van der Waals surface area contributed by atoms with Crippen LogP contribution in [0.25, 0.3) is 0 Å². The highest BCUT2D eigenvalue weighted by Gasteiger charge is 2.20. The fraction of sp³-hybridized carbons (Fsp3) is 0.368. The zero-order valence-electron chi connectivity index (χ0n) is 14.8. The number of ether oxygens (including phenoxy) is 2. The Morgan fingerprint density at radius 3 is 2.58 bits per heavy atom. The number of rotatable bonds is 6. The lowest BCUT2D eigenvalue weighted by atomic mass is 10.2. The Hall–Kier alpha value is -2.54. The van der Waals surface area contributed by atoms with E-state index in [9.17, 15) is 9.59 Å². The molecule has 26 heavy (non-hydrogen) atoms. The smallest absolute Gasteiger partial charge is 0.279 e. The maximum absolute atomic E-state index is 12.2. The second-order valence-corrected chi connectivity index (χ2v) is 7.16. The van der Waals surface area contributed by atoms with Crippen LogP contribution in [0.5, 0.6) is 11.5 Å². The van der Waals surface area contributed by atoms with E-state index in [1.54, 1.807) is 31.2 Å². The first-order chi connectivity index (χ1) is 12.6. The number of fused-ring (bicyclic) bond motifs is 1. The Balaban J connectivity index is 1.48. The second kappa shape index (κ2) is 8.23. The Morgan fingerprint density at radius 2 is 1.88 bits per heavy atom. The van der Waals surface area contributed by atoms with Crippen LogP contribution < -0.4 is 20.3 Å². The molecule has 1 aromatic carbocycles. The quantitative estimate of drug-likeness (QED) is 0.763. The van der Waals surface area contributed by atoms with E-state index < -0.39 is 12.0 Å². The van der Waals surface area contributed by atoms with E-state index in [0.717, 1.165) is 25.0 Å². The highest BCUT2D eigenvalue weighted by atomic mass is 32.1. The summed E-state index contributed by atoms with van der Waals surface area (Å²) in [5.74, 6) is 0.575. The average molecular weight is 374 g/mol. The molecule has 138 valence electrons. The molecular weight excluding hydrogens is 352 g/mol. The van der Waals surface area contributed by atoms with Crippen molar-refractivity contribution < 1.29 is 19.1 Å². The molecule has 0 saturated carbocycles. The molecule has 1 heterocycles. The summed E-state index contributed by atoms with van der Waals surface area (Å²) in [4.78, 5) is 26.2. The predicted octanol–water partition coefficient (Wildman–Crippen LogP) is 2.86. The molecule has 1 aliphatic rings. The normalized spacial score (nSPS) is 13.6. The molecule has 0 saturated heterocycles. The van der Waals surface area contributed by atoms with Gasteiger partial charge < -0.3 is 9.47 Å². The van der Waals surface area contributed by atoms with E-state index in [1.165, 1.54) is 21.8 Å². The van der Waals surface area contributed by atoms with Gasteiger partial charge in [0.15, 0.2) is 6.10 Å². The van der Waals surface area contributed by atoms with Gasteiger partial charge in [0.1, 0.15) is 11.5 Å². The third-order valence-electron chi connectivity index (χ3n) is 4.09. The molecule has 2 aromatic rings. The lowest BCUT2D eigenvalue weighted by Crippen LogP contribution is -2.47. The van der Waals surface area contributed by atoms with Crippen molar-refractivity contribution >= 4 is 23.2 Å². The average Bonchev–Trinajstić information content (AvgIpc) is 3.23. The van der Waals surface area contributed by atoms with Gasteiger partial charge >= 0.3 is 0 Å². The van der Waals surface area contributed by atoms with E-state index in [0.29, 0.717) is 17.2 Å². The molecule has 0 fully saturated rings. The summed E-state index contributed by atoms with van der Waals surface area (Å²) in [7, 11) is 0. The molecular formula is C19H22N2O4S. The van der Waals surface area contributed by atoms with Crippen molar-refractivity contribution in [3.8, 4) is 11.5 Å². The van der Waals surface area contributed by atoms with Crippen LogP contribution in [0.15, 0.2) is 30.3 Å². The van der Waals surface area contributed by atoms with E-state index >= 15 is 0 Å². The van der Waals surface area contributed by atoms with Crippen LogP contribution in [0.3, 0.4) is 0 Å². The molecule has 0 radical (unpaired) electrons. The Bertz CT molecular complexity index is 764. The van der Waals surface area contributed by atoms with Crippen molar-refractivity contribution in [2.24, 2.45) is 0 Å². The number of thiophene rings is 1. The van der Waals surface area contributed by atoms with Gasteiger partial charge in [0.25, 0.3) is 11.8 Å². The highest BCUT2D eigenvalue weighted by Crippen LogP contribution is 2.30. The zero-order chi connectivity index (χ0) is 18.5. The molecule has 0 bridgehead atoms. The summed E-state index contributed by atoms with van der Waals surface area (Å²) >= 11 is 1.49. The molecule has 1 atom stereocenters. The lowest BCUT2D eigenvalue weighted by Gasteiger charge is -2.15. The predicted molar refractivity (Wildman–Crippen MR) is 99.7 cm³/mol. The van der Waals surface area contributed by atoms with Gasteiger partial charge in [0.05, 0.1) is 11.5 Å². The topological polar surface area (TPSA) is 76.7 Å². The van der Waals surface area contributed by atoms with Crippen LogP contribution in [-0.4, -0.2) is 24.5 Å². The summed E-state index contributed by atoms with van der Waals surface area (Å²) in [5.41, 5.74) is 6.12. The molecule has 0 unspecified atom stereocenters. The van der Waals surface area contributed by atoms with Crippen LogP contribution >= 0.6 is 11.3 Å². The molecule has 7 heteroatoms.